The summed E-state index contributed by atoms with van der Waals surface area (Å²) in [5.41, 5.74) is 8.22. The van der Waals surface area contributed by atoms with E-state index < -0.39 is 0 Å². The Morgan fingerprint density at radius 1 is 0.383 bits per heavy atom. The highest BCUT2D eigenvalue weighted by Gasteiger charge is 2.25. The Morgan fingerprint density at radius 2 is 0.894 bits per heavy atom. The van der Waals surface area contributed by atoms with E-state index in [1.165, 1.54) is 14.8 Å². The van der Waals surface area contributed by atoms with Gasteiger partial charge >= 0.3 is 0 Å². The lowest BCUT2D eigenvalue weighted by atomic mass is 10.0. The van der Waals surface area contributed by atoms with E-state index in [-0.39, 0.29) is 0 Å². The molecule has 0 saturated carbocycles. The molecule has 0 saturated heterocycles. The first-order chi connectivity index (χ1) is 23.3. The minimum Gasteiger partial charge on any atom is -0.456 e. The van der Waals surface area contributed by atoms with E-state index in [1.807, 2.05) is 30.3 Å². The summed E-state index contributed by atoms with van der Waals surface area (Å²) in [7, 11) is 0. The van der Waals surface area contributed by atoms with Gasteiger partial charge in [0.1, 0.15) is 33.5 Å². The molecule has 0 N–H and O–H groups in total. The van der Waals surface area contributed by atoms with Crippen LogP contribution in [-0.4, -0.2) is 0 Å². The van der Waals surface area contributed by atoms with Crippen LogP contribution in [0.2, 0.25) is 0 Å². The van der Waals surface area contributed by atoms with Crippen LogP contribution in [0.4, 0.5) is 17.1 Å². The maximum Gasteiger partial charge on any atom is 0.146 e. The summed E-state index contributed by atoms with van der Waals surface area (Å²) in [6.45, 7) is 0. The molecule has 0 amide bonds. The van der Waals surface area contributed by atoms with Crippen molar-refractivity contribution in [1.82, 2.24) is 0 Å². The van der Waals surface area contributed by atoms with Gasteiger partial charge in [0.05, 0.1) is 11.1 Å². The fraction of sp³-hybridized carbons (Fsp3) is 0. The highest BCUT2D eigenvalue weighted by atomic mass is 32.1. The molecular formula is C42H23NO3S. The largest absolute Gasteiger partial charge is 0.456 e. The highest BCUT2D eigenvalue weighted by molar-refractivity contribution is 7.26. The number of benzene rings is 7. The summed E-state index contributed by atoms with van der Waals surface area (Å²) >= 11 is 1.80. The van der Waals surface area contributed by atoms with Crippen LogP contribution in [0.1, 0.15) is 0 Å². The molecule has 0 radical (unpaired) electrons. The second-order valence-electron chi connectivity index (χ2n) is 12.1. The van der Waals surface area contributed by atoms with Crippen molar-refractivity contribution < 1.29 is 13.3 Å². The van der Waals surface area contributed by atoms with Gasteiger partial charge in [-0.2, -0.15) is 0 Å². The van der Waals surface area contributed by atoms with E-state index in [4.69, 9.17) is 13.3 Å². The fourth-order valence-electron chi connectivity index (χ4n) is 7.38. The van der Waals surface area contributed by atoms with Gasteiger partial charge in [0.2, 0.25) is 0 Å². The Kier molecular flexibility index (Phi) is 4.96. The highest BCUT2D eigenvalue weighted by Crippen LogP contribution is 2.50. The van der Waals surface area contributed by atoms with Crippen molar-refractivity contribution in [1.29, 1.82) is 0 Å². The number of furan rings is 3. The molecular weight excluding hydrogens is 599 g/mol. The first-order valence-corrected chi connectivity index (χ1v) is 16.5. The van der Waals surface area contributed by atoms with Gasteiger partial charge in [0.25, 0.3) is 0 Å². The van der Waals surface area contributed by atoms with Crippen molar-refractivity contribution in [3.8, 4) is 0 Å². The van der Waals surface area contributed by atoms with Gasteiger partial charge in [-0.1, -0.05) is 72.8 Å². The summed E-state index contributed by atoms with van der Waals surface area (Å²) in [4.78, 5) is 2.33. The van der Waals surface area contributed by atoms with E-state index in [2.05, 4.69) is 114 Å². The monoisotopic (exact) mass is 621 g/mol. The third kappa shape index (κ3) is 3.52. The van der Waals surface area contributed by atoms with Gasteiger partial charge in [-0.25, -0.2) is 0 Å². The molecule has 4 heterocycles. The lowest BCUT2D eigenvalue weighted by Gasteiger charge is -2.26. The molecule has 47 heavy (non-hydrogen) atoms. The Morgan fingerprint density at radius 3 is 1.53 bits per heavy atom. The second-order valence-corrected chi connectivity index (χ2v) is 13.1. The molecule has 0 atom stereocenters. The van der Waals surface area contributed by atoms with E-state index in [1.54, 1.807) is 11.3 Å². The minimum absolute atomic E-state index is 0.842. The average Bonchev–Trinajstić information content (AvgIpc) is 3.87. The number of fused-ring (bicyclic) bond motifs is 13. The lowest BCUT2D eigenvalue weighted by Crippen LogP contribution is -2.10. The molecule has 0 aliphatic rings. The molecule has 0 fully saturated rings. The van der Waals surface area contributed by atoms with E-state index in [9.17, 15) is 0 Å². The molecule has 0 unspecified atom stereocenters. The second kappa shape index (κ2) is 9.25. The van der Waals surface area contributed by atoms with Crippen LogP contribution >= 0.6 is 11.3 Å². The Hall–Kier alpha value is -6.04. The predicted molar refractivity (Wildman–Crippen MR) is 196 cm³/mol. The van der Waals surface area contributed by atoms with Gasteiger partial charge in [0.15, 0.2) is 0 Å². The Bertz CT molecular complexity index is 2930. The zero-order valence-electron chi connectivity index (χ0n) is 24.9. The molecule has 0 aliphatic heterocycles. The van der Waals surface area contributed by atoms with Gasteiger partial charge < -0.3 is 18.2 Å². The van der Waals surface area contributed by atoms with Crippen molar-refractivity contribution in [2.45, 2.75) is 0 Å². The predicted octanol–water partition coefficient (Wildman–Crippen LogP) is 13.2. The first-order valence-electron chi connectivity index (χ1n) is 15.7. The third-order valence-corrected chi connectivity index (χ3v) is 10.6. The number of hydrogen-bond donors (Lipinski definition) is 0. The molecule has 0 aliphatic carbocycles. The number of hydrogen-bond acceptors (Lipinski definition) is 5. The van der Waals surface area contributed by atoms with Crippen molar-refractivity contribution >= 4 is 114 Å². The third-order valence-electron chi connectivity index (χ3n) is 9.45. The van der Waals surface area contributed by atoms with Gasteiger partial charge in [-0.15, -0.1) is 11.3 Å². The molecule has 11 rings (SSSR count). The quantitative estimate of drug-likeness (QED) is 0.197. The van der Waals surface area contributed by atoms with Crippen molar-refractivity contribution in [2.24, 2.45) is 0 Å². The standard InChI is InChI=1S/C42H23NO3S/c1-5-13-33-26(9-1)28-19-17-24(21-36(28)44-33)43(25-18-20-29-27-10-2-6-14-34(27)45-37(29)22-25)32-23-39-41(31-12-4-8-16-38(31)47-39)42-40(32)30-11-3-7-15-35(30)46-42/h1-23H. The molecule has 220 valence electrons. The van der Waals surface area contributed by atoms with Gasteiger partial charge in [-0.3, -0.25) is 0 Å². The van der Waals surface area contributed by atoms with Crippen molar-refractivity contribution in [3.63, 3.8) is 0 Å². The summed E-state index contributed by atoms with van der Waals surface area (Å²) in [5.74, 6) is 0. The summed E-state index contributed by atoms with van der Waals surface area (Å²) in [6, 6.07) is 48.7. The van der Waals surface area contributed by atoms with E-state index in [0.29, 0.717) is 0 Å². The fourth-order valence-corrected chi connectivity index (χ4v) is 8.52. The van der Waals surface area contributed by atoms with E-state index >= 15 is 0 Å². The van der Waals surface area contributed by atoms with Crippen LogP contribution in [0.3, 0.4) is 0 Å². The number of nitrogens with zero attached hydrogens (tertiary/aromatic N) is 1. The summed E-state index contributed by atoms with van der Waals surface area (Å²) in [6.07, 6.45) is 0. The maximum atomic E-state index is 6.76. The van der Waals surface area contributed by atoms with Crippen LogP contribution in [0, 0.1) is 0 Å². The molecule has 4 aromatic heterocycles. The molecule has 0 spiro atoms. The molecule has 0 bridgehead atoms. The number of thiophene rings is 1. The summed E-state index contributed by atoms with van der Waals surface area (Å²) < 4.78 is 22.0. The molecule has 7 aromatic carbocycles. The first kappa shape index (κ1) is 25.2. The number of anilines is 3. The Labute approximate surface area is 271 Å². The topological polar surface area (TPSA) is 42.7 Å². The summed E-state index contributed by atoms with van der Waals surface area (Å²) in [5, 5.41) is 8.92. The van der Waals surface area contributed by atoms with Crippen LogP contribution in [0.25, 0.3) is 86.0 Å². The van der Waals surface area contributed by atoms with Crippen molar-refractivity contribution in [2.75, 3.05) is 4.90 Å². The smallest absolute Gasteiger partial charge is 0.146 e. The van der Waals surface area contributed by atoms with Crippen LogP contribution in [0.5, 0.6) is 0 Å². The molecule has 4 nitrogen and oxygen atoms in total. The lowest BCUT2D eigenvalue weighted by molar-refractivity contribution is 0.669. The molecule has 11 aromatic rings. The van der Waals surface area contributed by atoms with Crippen LogP contribution in [0.15, 0.2) is 153 Å². The minimum atomic E-state index is 0.842. The van der Waals surface area contributed by atoms with Crippen LogP contribution in [-0.2, 0) is 0 Å². The normalized spacial score (nSPS) is 12.3. The maximum absolute atomic E-state index is 6.76. The van der Waals surface area contributed by atoms with Crippen molar-refractivity contribution in [3.05, 3.63) is 140 Å². The SMILES string of the molecule is c1ccc2c(c1)oc1cc(N(c3ccc4c(c3)oc3ccccc34)c3cc4sc5ccccc5c4c4oc5ccccc5c34)ccc12. The van der Waals surface area contributed by atoms with Gasteiger partial charge in [0, 0.05) is 70.6 Å². The average molecular weight is 622 g/mol. The molecule has 5 heteroatoms. The van der Waals surface area contributed by atoms with E-state index in [0.717, 1.165) is 88.3 Å². The van der Waals surface area contributed by atoms with Gasteiger partial charge in [-0.05, 0) is 54.6 Å². The van der Waals surface area contributed by atoms with Crippen LogP contribution < -0.4 is 4.90 Å². The zero-order chi connectivity index (χ0) is 30.6. The Balaban J connectivity index is 1.27. The zero-order valence-corrected chi connectivity index (χ0v) is 25.7. The number of para-hydroxylation sites is 3. The number of rotatable bonds is 3.